The molecular weight excluding hydrogens is 316 g/mol. The second-order valence-corrected chi connectivity index (χ2v) is 5.80. The minimum atomic E-state index is 0.508. The highest BCUT2D eigenvalue weighted by Crippen LogP contribution is 2.22. The van der Waals surface area contributed by atoms with Crippen molar-refractivity contribution in [3.05, 3.63) is 71.1 Å². The number of aromatic nitrogens is 1. The van der Waals surface area contributed by atoms with Gasteiger partial charge in [-0.25, -0.2) is 4.98 Å². The Morgan fingerprint density at radius 1 is 1.08 bits per heavy atom. The van der Waals surface area contributed by atoms with Crippen LogP contribution >= 0.6 is 0 Å². The van der Waals surface area contributed by atoms with E-state index < -0.39 is 0 Å². The molecule has 0 aliphatic rings. The minimum Gasteiger partial charge on any atom is -0.493 e. The summed E-state index contributed by atoms with van der Waals surface area (Å²) in [4.78, 5) is 4.59. The molecule has 5 heteroatoms. The molecule has 0 aliphatic heterocycles. The molecule has 0 saturated carbocycles. The van der Waals surface area contributed by atoms with E-state index in [4.69, 9.17) is 14.4 Å². The van der Waals surface area contributed by atoms with Crippen LogP contribution in [0.15, 0.2) is 58.1 Å². The highest BCUT2D eigenvalue weighted by atomic mass is 16.5. The number of rotatable bonds is 6. The van der Waals surface area contributed by atoms with Crippen molar-refractivity contribution >= 4 is 6.21 Å². The number of hydrogen-bond acceptors (Lipinski definition) is 5. The molecule has 0 bridgehead atoms. The SMILES string of the molecule is Cc1ccc(-c2nc(CCOc3ccc(/C=N/O)cc3)c(C)o2)cc1. The van der Waals surface area contributed by atoms with Crippen LogP contribution in [0.1, 0.15) is 22.6 Å². The summed E-state index contributed by atoms with van der Waals surface area (Å²) >= 11 is 0. The zero-order valence-corrected chi connectivity index (χ0v) is 14.3. The van der Waals surface area contributed by atoms with Crippen molar-refractivity contribution < 1.29 is 14.4 Å². The first-order valence-electron chi connectivity index (χ1n) is 8.09. The van der Waals surface area contributed by atoms with E-state index in [-0.39, 0.29) is 0 Å². The molecule has 1 aromatic heterocycles. The van der Waals surface area contributed by atoms with Crippen molar-refractivity contribution in [2.24, 2.45) is 5.16 Å². The molecule has 0 radical (unpaired) electrons. The molecule has 25 heavy (non-hydrogen) atoms. The number of oxime groups is 1. The Balaban J connectivity index is 1.60. The average Bonchev–Trinajstić information content (AvgIpc) is 2.98. The number of hydrogen-bond donors (Lipinski definition) is 1. The van der Waals surface area contributed by atoms with Crippen LogP contribution in [-0.2, 0) is 6.42 Å². The Hall–Kier alpha value is -3.08. The predicted octanol–water partition coefficient (Wildman–Crippen LogP) is 4.39. The summed E-state index contributed by atoms with van der Waals surface area (Å²) in [6.45, 7) is 4.48. The number of nitrogens with zero attached hydrogens (tertiary/aromatic N) is 2. The fourth-order valence-corrected chi connectivity index (χ4v) is 2.46. The molecule has 0 atom stereocenters. The van der Waals surface area contributed by atoms with E-state index >= 15 is 0 Å². The van der Waals surface area contributed by atoms with Gasteiger partial charge in [0.1, 0.15) is 11.5 Å². The van der Waals surface area contributed by atoms with Crippen LogP contribution in [0.25, 0.3) is 11.5 Å². The van der Waals surface area contributed by atoms with Crippen LogP contribution in [0.2, 0.25) is 0 Å². The average molecular weight is 336 g/mol. The molecule has 0 aliphatic carbocycles. The second-order valence-electron chi connectivity index (χ2n) is 5.80. The number of benzene rings is 2. The third-order valence-corrected chi connectivity index (χ3v) is 3.89. The van der Waals surface area contributed by atoms with Crippen LogP contribution in [0.5, 0.6) is 5.75 Å². The Morgan fingerprint density at radius 3 is 2.48 bits per heavy atom. The zero-order valence-electron chi connectivity index (χ0n) is 14.3. The van der Waals surface area contributed by atoms with Gasteiger partial charge in [0.2, 0.25) is 5.89 Å². The monoisotopic (exact) mass is 336 g/mol. The van der Waals surface area contributed by atoms with Crippen LogP contribution in [0.3, 0.4) is 0 Å². The topological polar surface area (TPSA) is 67.9 Å². The lowest BCUT2D eigenvalue weighted by molar-refractivity contribution is 0.319. The van der Waals surface area contributed by atoms with E-state index in [9.17, 15) is 0 Å². The molecule has 1 N–H and O–H groups in total. The molecule has 128 valence electrons. The quantitative estimate of drug-likeness (QED) is 0.412. The highest BCUT2D eigenvalue weighted by Gasteiger charge is 2.11. The fourth-order valence-electron chi connectivity index (χ4n) is 2.46. The Kier molecular flexibility index (Phi) is 5.14. The molecule has 1 heterocycles. The predicted molar refractivity (Wildman–Crippen MR) is 96.4 cm³/mol. The standard InChI is InChI=1S/C20H20N2O3/c1-14-3-7-17(8-4-14)20-22-19(15(2)25-20)11-12-24-18-9-5-16(6-10-18)13-21-23/h3-10,13,23H,11-12H2,1-2H3/b21-13+. The first-order valence-corrected chi connectivity index (χ1v) is 8.09. The Labute approximate surface area is 146 Å². The molecule has 0 fully saturated rings. The summed E-state index contributed by atoms with van der Waals surface area (Å²) in [6.07, 6.45) is 2.04. The van der Waals surface area contributed by atoms with Gasteiger partial charge in [-0.3, -0.25) is 0 Å². The summed E-state index contributed by atoms with van der Waals surface area (Å²) < 4.78 is 11.5. The van der Waals surface area contributed by atoms with E-state index in [0.29, 0.717) is 18.9 Å². The number of aryl methyl sites for hydroxylation is 2. The number of oxazole rings is 1. The third kappa shape index (κ3) is 4.26. The highest BCUT2D eigenvalue weighted by molar-refractivity contribution is 5.79. The fraction of sp³-hybridized carbons (Fsp3) is 0.200. The molecule has 2 aromatic carbocycles. The molecule has 3 aromatic rings. The summed E-state index contributed by atoms with van der Waals surface area (Å²) in [6, 6.07) is 15.4. The lowest BCUT2D eigenvalue weighted by Crippen LogP contribution is -2.02. The van der Waals surface area contributed by atoms with Gasteiger partial charge in [0.25, 0.3) is 0 Å². The van der Waals surface area contributed by atoms with Crippen molar-refractivity contribution in [3.63, 3.8) is 0 Å². The zero-order chi connectivity index (χ0) is 17.6. The lowest BCUT2D eigenvalue weighted by Gasteiger charge is -2.05. The van der Waals surface area contributed by atoms with Gasteiger partial charge in [0.15, 0.2) is 0 Å². The van der Waals surface area contributed by atoms with Gasteiger partial charge in [0, 0.05) is 12.0 Å². The second kappa shape index (κ2) is 7.66. The summed E-state index contributed by atoms with van der Waals surface area (Å²) in [5.74, 6) is 2.21. The summed E-state index contributed by atoms with van der Waals surface area (Å²) in [5, 5.41) is 11.5. The van der Waals surface area contributed by atoms with Crippen molar-refractivity contribution in [2.45, 2.75) is 20.3 Å². The van der Waals surface area contributed by atoms with Crippen molar-refractivity contribution in [1.82, 2.24) is 4.98 Å². The van der Waals surface area contributed by atoms with E-state index in [1.807, 2.05) is 55.5 Å². The maximum Gasteiger partial charge on any atom is 0.226 e. The van der Waals surface area contributed by atoms with E-state index in [2.05, 4.69) is 17.1 Å². The van der Waals surface area contributed by atoms with Crippen molar-refractivity contribution in [3.8, 4) is 17.2 Å². The molecule has 0 saturated heterocycles. The Bertz CT molecular complexity index is 850. The summed E-state index contributed by atoms with van der Waals surface area (Å²) in [5.41, 5.74) is 3.89. The van der Waals surface area contributed by atoms with Gasteiger partial charge in [-0.05, 0) is 55.8 Å². The van der Waals surface area contributed by atoms with Crippen LogP contribution < -0.4 is 4.74 Å². The maximum absolute atomic E-state index is 8.50. The van der Waals surface area contributed by atoms with Crippen molar-refractivity contribution in [2.75, 3.05) is 6.61 Å². The molecule has 0 amide bonds. The van der Waals surface area contributed by atoms with Gasteiger partial charge >= 0.3 is 0 Å². The minimum absolute atomic E-state index is 0.508. The smallest absolute Gasteiger partial charge is 0.226 e. The van der Waals surface area contributed by atoms with Gasteiger partial charge in [-0.1, -0.05) is 22.9 Å². The first-order chi connectivity index (χ1) is 12.2. The van der Waals surface area contributed by atoms with Gasteiger partial charge < -0.3 is 14.4 Å². The van der Waals surface area contributed by atoms with Crippen LogP contribution in [0, 0.1) is 13.8 Å². The molecule has 5 nitrogen and oxygen atoms in total. The lowest BCUT2D eigenvalue weighted by atomic mass is 10.1. The van der Waals surface area contributed by atoms with Crippen molar-refractivity contribution in [1.29, 1.82) is 0 Å². The van der Waals surface area contributed by atoms with Gasteiger partial charge in [0.05, 0.1) is 18.5 Å². The molecular formula is C20H20N2O3. The molecule has 3 rings (SSSR count). The first kappa shape index (κ1) is 16.8. The molecule has 0 spiro atoms. The van der Waals surface area contributed by atoms with Crippen LogP contribution in [0.4, 0.5) is 0 Å². The molecule has 0 unspecified atom stereocenters. The maximum atomic E-state index is 8.50. The van der Waals surface area contributed by atoms with Crippen LogP contribution in [-0.4, -0.2) is 23.0 Å². The van der Waals surface area contributed by atoms with Gasteiger partial charge in [-0.2, -0.15) is 0 Å². The Morgan fingerprint density at radius 2 is 1.80 bits per heavy atom. The number of ether oxygens (including phenoxy) is 1. The van der Waals surface area contributed by atoms with E-state index in [1.165, 1.54) is 11.8 Å². The van der Waals surface area contributed by atoms with E-state index in [0.717, 1.165) is 28.3 Å². The largest absolute Gasteiger partial charge is 0.493 e. The normalized spacial score (nSPS) is 11.1. The third-order valence-electron chi connectivity index (χ3n) is 3.89. The van der Waals surface area contributed by atoms with Gasteiger partial charge in [-0.15, -0.1) is 0 Å². The van der Waals surface area contributed by atoms with E-state index in [1.54, 1.807) is 0 Å². The summed E-state index contributed by atoms with van der Waals surface area (Å²) in [7, 11) is 0.